The molecule has 2 N–H and O–H groups in total. The average molecular weight is 438 g/mol. The Kier molecular flexibility index (Phi) is 5.63. The molecule has 0 fully saturated rings. The molecule has 0 radical (unpaired) electrons. The third-order valence-corrected chi connectivity index (χ3v) is 5.43. The Balaban J connectivity index is 1.36. The lowest BCUT2D eigenvalue weighted by atomic mass is 10.1. The summed E-state index contributed by atoms with van der Waals surface area (Å²) in [5.41, 5.74) is 5.62. The van der Waals surface area contributed by atoms with Crippen molar-refractivity contribution >= 4 is 16.9 Å². The van der Waals surface area contributed by atoms with Crippen LogP contribution < -0.4 is 10.9 Å². The number of aromatic nitrogens is 6. The Morgan fingerprint density at radius 2 is 1.85 bits per heavy atom. The van der Waals surface area contributed by atoms with Crippen molar-refractivity contribution in [2.45, 2.75) is 19.8 Å². The minimum atomic E-state index is -0.0947. The number of aryl methyl sites for hydroxylation is 1. The van der Waals surface area contributed by atoms with Crippen LogP contribution in [0.1, 0.15) is 18.2 Å². The first kappa shape index (κ1) is 20.6. The molecule has 0 aliphatic rings. The number of benzene rings is 2. The molecule has 0 aliphatic carbocycles. The predicted octanol–water partition coefficient (Wildman–Crippen LogP) is 3.78. The van der Waals surface area contributed by atoms with Crippen molar-refractivity contribution in [2.75, 3.05) is 11.9 Å². The predicted molar refractivity (Wildman–Crippen MR) is 129 cm³/mol. The molecule has 8 heteroatoms. The van der Waals surface area contributed by atoms with Gasteiger partial charge in [0.2, 0.25) is 5.56 Å². The van der Waals surface area contributed by atoms with Gasteiger partial charge in [-0.2, -0.15) is 0 Å². The first-order valence-corrected chi connectivity index (χ1v) is 10.9. The molecule has 5 aromatic rings. The minimum Gasteiger partial charge on any atom is -0.370 e. The molecule has 0 unspecified atom stereocenters. The molecule has 0 atom stereocenters. The number of fused-ring (bicyclic) bond motifs is 1. The monoisotopic (exact) mass is 437 g/mol. The lowest BCUT2D eigenvalue weighted by Gasteiger charge is -2.10. The number of nitrogens with zero attached hydrogens (tertiary/aromatic N) is 5. The molecule has 3 aromatic heterocycles. The highest BCUT2D eigenvalue weighted by Crippen LogP contribution is 2.22. The quantitative estimate of drug-likeness (QED) is 0.402. The first-order valence-electron chi connectivity index (χ1n) is 10.9. The van der Waals surface area contributed by atoms with E-state index in [1.807, 2.05) is 65.3 Å². The van der Waals surface area contributed by atoms with Crippen molar-refractivity contribution in [2.24, 2.45) is 0 Å². The molecule has 2 aromatic carbocycles. The number of para-hydroxylation sites is 1. The highest BCUT2D eigenvalue weighted by Gasteiger charge is 2.09. The van der Waals surface area contributed by atoms with E-state index in [4.69, 9.17) is 9.97 Å². The number of anilines is 1. The molecule has 5 rings (SSSR count). The van der Waals surface area contributed by atoms with E-state index in [9.17, 15) is 4.79 Å². The van der Waals surface area contributed by atoms with Crippen molar-refractivity contribution in [3.05, 3.63) is 94.5 Å². The molecule has 3 heterocycles. The number of hydrogen-bond donors (Lipinski definition) is 2. The second kappa shape index (κ2) is 9.04. The highest BCUT2D eigenvalue weighted by molar-refractivity contribution is 5.76. The molecule has 0 bridgehead atoms. The molecular weight excluding hydrogens is 414 g/mol. The van der Waals surface area contributed by atoms with Gasteiger partial charge in [-0.3, -0.25) is 4.79 Å². The Bertz CT molecular complexity index is 1430. The van der Waals surface area contributed by atoms with E-state index >= 15 is 0 Å². The van der Waals surface area contributed by atoms with Crippen molar-refractivity contribution in [3.63, 3.8) is 0 Å². The summed E-state index contributed by atoms with van der Waals surface area (Å²) < 4.78 is 1.83. The minimum absolute atomic E-state index is 0.0947. The SMILES string of the molecule is CCc1cc(NCCc2ccc(=O)[nH]c2)nc(-c2ccc(-n3nnc4ccccc43)cc2)n1. The van der Waals surface area contributed by atoms with Crippen LogP contribution in [0, 0.1) is 0 Å². The Morgan fingerprint density at radius 3 is 2.64 bits per heavy atom. The third-order valence-electron chi connectivity index (χ3n) is 5.43. The summed E-state index contributed by atoms with van der Waals surface area (Å²) in [4.78, 5) is 23.4. The fourth-order valence-corrected chi connectivity index (χ4v) is 3.64. The maximum Gasteiger partial charge on any atom is 0.247 e. The van der Waals surface area contributed by atoms with Gasteiger partial charge in [0.05, 0.1) is 11.2 Å². The van der Waals surface area contributed by atoms with E-state index in [0.717, 1.165) is 52.2 Å². The Labute approximate surface area is 190 Å². The number of pyridine rings is 1. The lowest BCUT2D eigenvalue weighted by molar-refractivity contribution is 0.824. The standard InChI is InChI=1S/C25H23N7O/c1-2-19-15-23(26-14-13-17-7-12-24(33)27-16-17)29-25(28-19)18-8-10-20(11-9-18)32-22-6-4-3-5-21(22)30-31-32/h3-12,15-16H,2,13-14H2,1H3,(H,27,33)(H,26,28,29). The Hall–Kier alpha value is -4.33. The van der Waals surface area contributed by atoms with Gasteiger partial charge in [-0.25, -0.2) is 14.6 Å². The largest absolute Gasteiger partial charge is 0.370 e. The normalized spacial score (nSPS) is 11.1. The molecule has 8 nitrogen and oxygen atoms in total. The van der Waals surface area contributed by atoms with Gasteiger partial charge in [-0.15, -0.1) is 5.10 Å². The van der Waals surface area contributed by atoms with E-state index in [1.54, 1.807) is 12.3 Å². The summed E-state index contributed by atoms with van der Waals surface area (Å²) >= 11 is 0. The Morgan fingerprint density at radius 1 is 1.00 bits per heavy atom. The number of aromatic amines is 1. The smallest absolute Gasteiger partial charge is 0.247 e. The van der Waals surface area contributed by atoms with Gasteiger partial charge in [-0.05, 0) is 54.8 Å². The maximum absolute atomic E-state index is 11.2. The van der Waals surface area contributed by atoms with Crippen LogP contribution in [0.25, 0.3) is 28.1 Å². The van der Waals surface area contributed by atoms with Crippen molar-refractivity contribution in [1.82, 2.24) is 29.9 Å². The van der Waals surface area contributed by atoms with Crippen LogP contribution in [0.2, 0.25) is 0 Å². The molecule has 164 valence electrons. The second-order valence-corrected chi connectivity index (χ2v) is 7.70. The molecule has 0 aliphatic heterocycles. The van der Waals surface area contributed by atoms with Crippen LogP contribution in [-0.4, -0.2) is 36.5 Å². The maximum atomic E-state index is 11.2. The summed E-state index contributed by atoms with van der Waals surface area (Å²) in [6.45, 7) is 2.78. The topological polar surface area (TPSA) is 101 Å². The molecule has 0 amide bonds. The van der Waals surface area contributed by atoms with Gasteiger partial charge >= 0.3 is 0 Å². The van der Waals surface area contributed by atoms with Crippen LogP contribution in [-0.2, 0) is 12.8 Å². The number of nitrogens with one attached hydrogen (secondary N) is 2. The molecule has 0 saturated heterocycles. The van der Waals surface area contributed by atoms with Crippen molar-refractivity contribution in [3.8, 4) is 17.1 Å². The zero-order valence-corrected chi connectivity index (χ0v) is 18.2. The van der Waals surface area contributed by atoms with Gasteiger partial charge in [-0.1, -0.05) is 30.3 Å². The lowest BCUT2D eigenvalue weighted by Crippen LogP contribution is -2.10. The van der Waals surface area contributed by atoms with E-state index in [0.29, 0.717) is 12.4 Å². The zero-order chi connectivity index (χ0) is 22.6. The number of hydrogen-bond acceptors (Lipinski definition) is 6. The van der Waals surface area contributed by atoms with Gasteiger partial charge < -0.3 is 10.3 Å². The number of rotatable bonds is 7. The van der Waals surface area contributed by atoms with Crippen LogP contribution in [0.4, 0.5) is 5.82 Å². The summed E-state index contributed by atoms with van der Waals surface area (Å²) in [6.07, 6.45) is 3.33. The van der Waals surface area contributed by atoms with Crippen LogP contribution >= 0.6 is 0 Å². The van der Waals surface area contributed by atoms with Gasteiger partial charge in [0.1, 0.15) is 11.3 Å². The molecule has 0 spiro atoms. The summed E-state index contributed by atoms with van der Waals surface area (Å²) in [6, 6.07) is 21.2. The summed E-state index contributed by atoms with van der Waals surface area (Å²) in [7, 11) is 0. The van der Waals surface area contributed by atoms with E-state index in [2.05, 4.69) is 27.5 Å². The van der Waals surface area contributed by atoms with Gasteiger partial charge in [0.25, 0.3) is 0 Å². The van der Waals surface area contributed by atoms with Gasteiger partial charge in [0, 0.05) is 36.1 Å². The fourth-order valence-electron chi connectivity index (χ4n) is 3.64. The van der Waals surface area contributed by atoms with Crippen LogP contribution in [0.15, 0.2) is 77.7 Å². The molecular formula is C25H23N7O. The van der Waals surface area contributed by atoms with E-state index in [1.165, 1.54) is 0 Å². The highest BCUT2D eigenvalue weighted by atomic mass is 16.1. The van der Waals surface area contributed by atoms with E-state index < -0.39 is 0 Å². The van der Waals surface area contributed by atoms with Crippen molar-refractivity contribution in [1.29, 1.82) is 0 Å². The first-order chi connectivity index (χ1) is 16.2. The van der Waals surface area contributed by atoms with Crippen LogP contribution in [0.3, 0.4) is 0 Å². The third kappa shape index (κ3) is 4.50. The average Bonchev–Trinajstić information content (AvgIpc) is 3.29. The van der Waals surface area contributed by atoms with Gasteiger partial charge in [0.15, 0.2) is 5.82 Å². The number of H-pyrrole nitrogens is 1. The summed E-state index contributed by atoms with van der Waals surface area (Å²) in [5, 5.41) is 11.9. The van der Waals surface area contributed by atoms with Crippen molar-refractivity contribution < 1.29 is 0 Å². The summed E-state index contributed by atoms with van der Waals surface area (Å²) in [5.74, 6) is 1.46. The molecule has 0 saturated carbocycles. The fraction of sp³-hybridized carbons (Fsp3) is 0.160. The van der Waals surface area contributed by atoms with E-state index in [-0.39, 0.29) is 5.56 Å². The second-order valence-electron chi connectivity index (χ2n) is 7.70. The molecule has 33 heavy (non-hydrogen) atoms. The van der Waals surface area contributed by atoms with Crippen LogP contribution in [0.5, 0.6) is 0 Å². The zero-order valence-electron chi connectivity index (χ0n) is 18.2.